The summed E-state index contributed by atoms with van der Waals surface area (Å²) in [6.45, 7) is 5.08. The van der Waals surface area contributed by atoms with Gasteiger partial charge in [-0.25, -0.2) is 12.8 Å². The third kappa shape index (κ3) is 3.50. The van der Waals surface area contributed by atoms with E-state index in [9.17, 15) is 17.6 Å². The van der Waals surface area contributed by atoms with E-state index >= 15 is 0 Å². The fourth-order valence-electron chi connectivity index (χ4n) is 2.01. The molecule has 0 bridgehead atoms. The Morgan fingerprint density at radius 1 is 1.09 bits per heavy atom. The van der Waals surface area contributed by atoms with Gasteiger partial charge in [0.25, 0.3) is 10.0 Å². The zero-order valence-corrected chi connectivity index (χ0v) is 13.8. The summed E-state index contributed by atoms with van der Waals surface area (Å²) in [5.74, 6) is -1.55. The molecular weight excluding hydrogens is 319 g/mol. The molecule has 0 saturated heterocycles. The van der Waals surface area contributed by atoms with E-state index in [0.717, 1.165) is 17.2 Å². The fraction of sp³-hybridized carbons (Fsp3) is 0.188. The number of anilines is 1. The van der Waals surface area contributed by atoms with Crippen LogP contribution in [0.4, 0.5) is 10.1 Å². The summed E-state index contributed by atoms with van der Waals surface area (Å²) in [4.78, 5) is 11.3. The minimum atomic E-state index is -3.90. The third-order valence-corrected chi connectivity index (χ3v) is 5.03. The van der Waals surface area contributed by atoms with Crippen molar-refractivity contribution in [3.8, 4) is 0 Å². The topological polar surface area (TPSA) is 89.3 Å². The molecule has 0 aliphatic heterocycles. The summed E-state index contributed by atoms with van der Waals surface area (Å²) >= 11 is 0. The maximum Gasteiger partial charge on any atom is 0.261 e. The van der Waals surface area contributed by atoms with Crippen molar-refractivity contribution in [2.75, 3.05) is 4.72 Å². The number of halogens is 1. The van der Waals surface area contributed by atoms with Crippen molar-refractivity contribution in [3.05, 3.63) is 58.4 Å². The number of benzene rings is 2. The molecule has 5 nitrogen and oxygen atoms in total. The molecule has 23 heavy (non-hydrogen) atoms. The van der Waals surface area contributed by atoms with Gasteiger partial charge in [0.15, 0.2) is 0 Å². The number of carbonyl (C=O) groups is 1. The van der Waals surface area contributed by atoms with Gasteiger partial charge in [0.1, 0.15) is 5.82 Å². The maximum absolute atomic E-state index is 13.9. The van der Waals surface area contributed by atoms with E-state index in [1.165, 1.54) is 25.1 Å². The second-order valence-corrected chi connectivity index (χ2v) is 7.03. The van der Waals surface area contributed by atoms with Crippen LogP contribution >= 0.6 is 0 Å². The van der Waals surface area contributed by atoms with E-state index in [-0.39, 0.29) is 21.7 Å². The summed E-state index contributed by atoms with van der Waals surface area (Å²) in [5.41, 5.74) is 6.87. The first-order valence-corrected chi connectivity index (χ1v) is 8.30. The average Bonchev–Trinajstić information content (AvgIpc) is 2.46. The number of primary amides is 1. The molecule has 0 atom stereocenters. The summed E-state index contributed by atoms with van der Waals surface area (Å²) in [6, 6.07) is 6.89. The van der Waals surface area contributed by atoms with Crippen LogP contribution in [-0.2, 0) is 10.0 Å². The van der Waals surface area contributed by atoms with Gasteiger partial charge < -0.3 is 5.73 Å². The first kappa shape index (κ1) is 17.0. The minimum absolute atomic E-state index is 0.0166. The Kier molecular flexibility index (Phi) is 4.42. The monoisotopic (exact) mass is 336 g/mol. The van der Waals surface area contributed by atoms with Gasteiger partial charge in [-0.2, -0.15) is 0 Å². The molecule has 0 aliphatic rings. The molecule has 0 radical (unpaired) electrons. The molecule has 122 valence electrons. The van der Waals surface area contributed by atoms with Crippen molar-refractivity contribution < 1.29 is 17.6 Å². The van der Waals surface area contributed by atoms with Crippen LogP contribution in [0.2, 0.25) is 0 Å². The Balaban J connectivity index is 2.48. The van der Waals surface area contributed by atoms with E-state index in [2.05, 4.69) is 4.72 Å². The molecule has 7 heteroatoms. The Morgan fingerprint density at radius 3 is 2.30 bits per heavy atom. The average molecular weight is 336 g/mol. The van der Waals surface area contributed by atoms with Gasteiger partial charge in [-0.15, -0.1) is 0 Å². The van der Waals surface area contributed by atoms with Crippen LogP contribution in [0.25, 0.3) is 0 Å². The number of amides is 1. The lowest BCUT2D eigenvalue weighted by atomic mass is 10.1. The molecule has 1 amide bonds. The maximum atomic E-state index is 13.9. The van der Waals surface area contributed by atoms with Gasteiger partial charge in [0.05, 0.1) is 10.6 Å². The van der Waals surface area contributed by atoms with Crippen LogP contribution in [0.15, 0.2) is 35.2 Å². The van der Waals surface area contributed by atoms with Crippen molar-refractivity contribution in [2.24, 2.45) is 5.73 Å². The number of nitrogens with one attached hydrogen (secondary N) is 1. The van der Waals surface area contributed by atoms with E-state index in [4.69, 9.17) is 5.73 Å². The molecule has 0 saturated carbocycles. The number of aryl methyl sites for hydroxylation is 2. The highest BCUT2D eigenvalue weighted by atomic mass is 32.2. The summed E-state index contributed by atoms with van der Waals surface area (Å²) in [6.07, 6.45) is 0. The number of rotatable bonds is 4. The highest BCUT2D eigenvalue weighted by molar-refractivity contribution is 7.92. The molecule has 0 heterocycles. The van der Waals surface area contributed by atoms with Gasteiger partial charge in [0, 0.05) is 11.1 Å². The molecule has 2 aromatic rings. The zero-order valence-electron chi connectivity index (χ0n) is 13.0. The van der Waals surface area contributed by atoms with Gasteiger partial charge in [-0.1, -0.05) is 6.07 Å². The molecular formula is C16H17FN2O3S. The number of carbonyl (C=O) groups excluding carboxylic acids is 1. The predicted octanol–water partition coefficient (Wildman–Crippen LogP) is 2.65. The largest absolute Gasteiger partial charge is 0.366 e. The number of nitrogens with two attached hydrogens (primary N) is 1. The Bertz CT molecular complexity index is 892. The van der Waals surface area contributed by atoms with Crippen molar-refractivity contribution in [2.45, 2.75) is 25.7 Å². The molecule has 0 spiro atoms. The molecule has 3 N–H and O–H groups in total. The normalized spacial score (nSPS) is 11.3. The van der Waals surface area contributed by atoms with Gasteiger partial charge in [-0.05, 0) is 56.2 Å². The van der Waals surface area contributed by atoms with E-state index in [1.807, 2.05) is 6.92 Å². The van der Waals surface area contributed by atoms with Crippen molar-refractivity contribution in [3.63, 3.8) is 0 Å². The van der Waals surface area contributed by atoms with E-state index in [0.29, 0.717) is 0 Å². The van der Waals surface area contributed by atoms with Crippen LogP contribution in [0, 0.1) is 26.6 Å². The number of hydrogen-bond acceptors (Lipinski definition) is 3. The number of sulfonamides is 1. The lowest BCUT2D eigenvalue weighted by Crippen LogP contribution is -2.17. The van der Waals surface area contributed by atoms with Crippen LogP contribution in [0.3, 0.4) is 0 Å². The molecule has 0 unspecified atom stereocenters. The highest BCUT2D eigenvalue weighted by Gasteiger charge is 2.18. The van der Waals surface area contributed by atoms with Crippen LogP contribution in [0.1, 0.15) is 27.0 Å². The lowest BCUT2D eigenvalue weighted by Gasteiger charge is -2.13. The van der Waals surface area contributed by atoms with Gasteiger partial charge >= 0.3 is 0 Å². The number of hydrogen-bond donors (Lipinski definition) is 2. The summed E-state index contributed by atoms with van der Waals surface area (Å²) in [5, 5.41) is 0. The molecule has 0 fully saturated rings. The van der Waals surface area contributed by atoms with Crippen molar-refractivity contribution in [1.29, 1.82) is 0 Å². The molecule has 2 rings (SSSR count). The van der Waals surface area contributed by atoms with E-state index < -0.39 is 21.7 Å². The zero-order chi connectivity index (χ0) is 17.4. The van der Waals surface area contributed by atoms with Gasteiger partial charge in [-0.3, -0.25) is 9.52 Å². The third-order valence-electron chi connectivity index (χ3n) is 3.66. The Labute approximate surface area is 134 Å². The lowest BCUT2D eigenvalue weighted by molar-refractivity contribution is 0.1000. The van der Waals surface area contributed by atoms with Crippen molar-refractivity contribution in [1.82, 2.24) is 0 Å². The Morgan fingerprint density at radius 2 is 1.74 bits per heavy atom. The first-order chi connectivity index (χ1) is 10.6. The minimum Gasteiger partial charge on any atom is -0.366 e. The fourth-order valence-corrected chi connectivity index (χ4v) is 3.21. The second kappa shape index (κ2) is 6.00. The predicted molar refractivity (Wildman–Crippen MR) is 86.4 cm³/mol. The first-order valence-electron chi connectivity index (χ1n) is 6.82. The Hall–Kier alpha value is -2.41. The second-order valence-electron chi connectivity index (χ2n) is 5.35. The highest BCUT2D eigenvalue weighted by Crippen LogP contribution is 2.24. The molecule has 0 aliphatic carbocycles. The molecule has 0 aromatic heterocycles. The smallest absolute Gasteiger partial charge is 0.261 e. The SMILES string of the molecule is Cc1ccc(S(=O)(=O)Nc2cc(C(N)=O)cc(F)c2C)cc1C. The standard InChI is InChI=1S/C16H17FN2O3S/c1-9-4-5-13(6-10(9)2)23(21,22)19-15-8-12(16(18)20)7-14(17)11(15)3/h4-8,19H,1-3H3,(H2,18,20). The van der Waals surface area contributed by atoms with Gasteiger partial charge in [0.2, 0.25) is 5.91 Å². The van der Waals surface area contributed by atoms with Crippen LogP contribution in [-0.4, -0.2) is 14.3 Å². The summed E-state index contributed by atoms with van der Waals surface area (Å²) < 4.78 is 41.1. The summed E-state index contributed by atoms with van der Waals surface area (Å²) in [7, 11) is -3.90. The quantitative estimate of drug-likeness (QED) is 0.899. The molecule has 2 aromatic carbocycles. The van der Waals surface area contributed by atoms with Crippen LogP contribution < -0.4 is 10.5 Å². The van der Waals surface area contributed by atoms with Crippen molar-refractivity contribution >= 4 is 21.6 Å². The van der Waals surface area contributed by atoms with Crippen LogP contribution in [0.5, 0.6) is 0 Å². The van der Waals surface area contributed by atoms with E-state index in [1.54, 1.807) is 13.0 Å².